The summed E-state index contributed by atoms with van der Waals surface area (Å²) in [6, 6.07) is 1.18. The first-order valence-electron chi connectivity index (χ1n) is 7.04. The topological polar surface area (TPSA) is 53.6 Å². The van der Waals surface area contributed by atoms with E-state index in [0.717, 1.165) is 39.3 Å². The van der Waals surface area contributed by atoms with E-state index in [-0.39, 0.29) is 5.91 Å². The lowest BCUT2D eigenvalue weighted by Gasteiger charge is -2.28. The molecule has 2 heterocycles. The van der Waals surface area contributed by atoms with Crippen LogP contribution in [0.2, 0.25) is 0 Å². The normalized spacial score (nSPS) is 30.8. The van der Waals surface area contributed by atoms with E-state index in [9.17, 15) is 4.79 Å². The Kier molecular flexibility index (Phi) is 4.97. The summed E-state index contributed by atoms with van der Waals surface area (Å²) in [7, 11) is 0. The van der Waals surface area contributed by atoms with E-state index >= 15 is 0 Å². The first-order chi connectivity index (χ1) is 8.69. The molecule has 5 heteroatoms. The Morgan fingerprint density at radius 2 is 2.44 bits per heavy atom. The summed E-state index contributed by atoms with van der Waals surface area (Å²) in [6.45, 7) is 8.47. The lowest BCUT2D eigenvalue weighted by molar-refractivity contribution is -0.127. The Morgan fingerprint density at radius 1 is 1.61 bits per heavy atom. The highest BCUT2D eigenvalue weighted by molar-refractivity contribution is 5.79. The molecule has 0 aromatic rings. The number of likely N-dealkylation sites (N-methyl/N-ethyl adjacent to an activating group) is 1. The molecule has 0 saturated carbocycles. The van der Waals surface area contributed by atoms with Gasteiger partial charge in [-0.15, -0.1) is 0 Å². The maximum Gasteiger partial charge on any atom is 0.224 e. The molecule has 18 heavy (non-hydrogen) atoms. The Hall–Kier alpha value is -0.650. The van der Waals surface area contributed by atoms with Crippen LogP contribution in [-0.4, -0.2) is 61.8 Å². The van der Waals surface area contributed by atoms with Crippen LogP contribution in [0.15, 0.2) is 0 Å². The first-order valence-corrected chi connectivity index (χ1v) is 7.04. The van der Waals surface area contributed by atoms with Gasteiger partial charge in [-0.2, -0.15) is 0 Å². The van der Waals surface area contributed by atoms with E-state index in [4.69, 9.17) is 4.74 Å². The Labute approximate surface area is 109 Å². The van der Waals surface area contributed by atoms with Crippen molar-refractivity contribution in [1.29, 1.82) is 0 Å². The summed E-state index contributed by atoms with van der Waals surface area (Å²) in [5.74, 6) is 0.279. The second-order valence-corrected chi connectivity index (χ2v) is 5.36. The summed E-state index contributed by atoms with van der Waals surface area (Å²) >= 11 is 0. The van der Waals surface area contributed by atoms with Crippen molar-refractivity contribution in [1.82, 2.24) is 15.5 Å². The molecule has 5 nitrogen and oxygen atoms in total. The lowest BCUT2D eigenvalue weighted by atomic mass is 10.1. The van der Waals surface area contributed by atoms with E-state index in [1.807, 2.05) is 11.8 Å². The van der Waals surface area contributed by atoms with Gasteiger partial charge in [0, 0.05) is 44.2 Å². The number of carbonyl (C=O) groups is 1. The Bertz CT molecular complexity index is 279. The van der Waals surface area contributed by atoms with Crippen LogP contribution in [0, 0.1) is 0 Å². The largest absolute Gasteiger partial charge is 0.379 e. The maximum absolute atomic E-state index is 11.6. The van der Waals surface area contributed by atoms with Gasteiger partial charge in [-0.25, -0.2) is 0 Å². The van der Waals surface area contributed by atoms with E-state index in [2.05, 4.69) is 17.6 Å². The molecule has 2 fully saturated rings. The monoisotopic (exact) mass is 255 g/mol. The third-order valence-corrected chi connectivity index (χ3v) is 3.75. The van der Waals surface area contributed by atoms with Gasteiger partial charge in [0.2, 0.25) is 5.91 Å². The van der Waals surface area contributed by atoms with Gasteiger partial charge in [-0.05, 0) is 20.3 Å². The highest BCUT2D eigenvalue weighted by atomic mass is 16.5. The molecule has 0 bridgehead atoms. The number of hydrogen-bond acceptors (Lipinski definition) is 4. The van der Waals surface area contributed by atoms with Gasteiger partial charge >= 0.3 is 0 Å². The summed E-state index contributed by atoms with van der Waals surface area (Å²) in [5.41, 5.74) is 0. The fraction of sp³-hybridized carbons (Fsp3) is 0.923. The van der Waals surface area contributed by atoms with Crippen LogP contribution in [-0.2, 0) is 9.53 Å². The van der Waals surface area contributed by atoms with E-state index in [1.54, 1.807) is 0 Å². The van der Waals surface area contributed by atoms with Crippen LogP contribution in [0.1, 0.15) is 26.7 Å². The summed E-state index contributed by atoms with van der Waals surface area (Å²) < 4.78 is 5.45. The third-order valence-electron chi connectivity index (χ3n) is 3.75. The quantitative estimate of drug-likeness (QED) is 0.724. The highest BCUT2D eigenvalue weighted by Crippen LogP contribution is 2.12. The van der Waals surface area contributed by atoms with Crippen molar-refractivity contribution in [3.63, 3.8) is 0 Å². The smallest absolute Gasteiger partial charge is 0.224 e. The number of hydrogen-bond donors (Lipinski definition) is 2. The van der Waals surface area contributed by atoms with Crippen LogP contribution < -0.4 is 10.6 Å². The van der Waals surface area contributed by atoms with Gasteiger partial charge in [-0.1, -0.05) is 0 Å². The van der Waals surface area contributed by atoms with Crippen molar-refractivity contribution >= 4 is 5.91 Å². The van der Waals surface area contributed by atoms with Crippen molar-refractivity contribution in [2.75, 3.05) is 32.8 Å². The Balaban J connectivity index is 1.71. The number of likely N-dealkylation sites (tertiary alicyclic amines) is 1. The zero-order valence-electron chi connectivity index (χ0n) is 11.4. The minimum Gasteiger partial charge on any atom is -0.379 e. The number of nitrogens with zero attached hydrogens (tertiary/aromatic N) is 1. The fourth-order valence-electron chi connectivity index (χ4n) is 2.86. The van der Waals surface area contributed by atoms with Crippen LogP contribution >= 0.6 is 0 Å². The zero-order valence-corrected chi connectivity index (χ0v) is 11.4. The fourth-order valence-corrected chi connectivity index (χ4v) is 2.86. The van der Waals surface area contributed by atoms with Gasteiger partial charge in [0.15, 0.2) is 0 Å². The number of morpholine rings is 1. The minimum absolute atomic E-state index is 0.279. The minimum atomic E-state index is 0.279. The van der Waals surface area contributed by atoms with Crippen molar-refractivity contribution in [3.8, 4) is 0 Å². The molecule has 0 radical (unpaired) electrons. The predicted octanol–water partition coefficient (Wildman–Crippen LogP) is -0.0362. The molecule has 3 unspecified atom stereocenters. The van der Waals surface area contributed by atoms with Crippen LogP contribution in [0.5, 0.6) is 0 Å². The van der Waals surface area contributed by atoms with Gasteiger partial charge in [0.25, 0.3) is 0 Å². The summed E-state index contributed by atoms with van der Waals surface area (Å²) in [5, 5.41) is 7.02. The molecule has 2 aliphatic heterocycles. The molecule has 104 valence electrons. The van der Waals surface area contributed by atoms with Crippen LogP contribution in [0.4, 0.5) is 0 Å². The molecule has 1 amide bonds. The predicted molar refractivity (Wildman–Crippen MR) is 70.5 cm³/mol. The molecular weight excluding hydrogens is 230 g/mol. The molecule has 0 spiro atoms. The van der Waals surface area contributed by atoms with Crippen LogP contribution in [0.3, 0.4) is 0 Å². The lowest BCUT2D eigenvalue weighted by Crippen LogP contribution is -2.47. The second kappa shape index (κ2) is 6.50. The summed E-state index contributed by atoms with van der Waals surface area (Å²) in [4.78, 5) is 13.6. The highest BCUT2D eigenvalue weighted by Gasteiger charge is 2.29. The molecule has 2 rings (SSSR count). The third kappa shape index (κ3) is 3.67. The number of ether oxygens (including phenoxy) is 1. The average molecular weight is 255 g/mol. The Morgan fingerprint density at radius 3 is 3.06 bits per heavy atom. The molecule has 0 aliphatic carbocycles. The van der Waals surface area contributed by atoms with E-state index in [1.165, 1.54) is 0 Å². The number of nitrogens with one attached hydrogen (secondary N) is 2. The van der Waals surface area contributed by atoms with Crippen molar-refractivity contribution in [2.24, 2.45) is 0 Å². The molecule has 0 aromatic carbocycles. The molecule has 3 atom stereocenters. The molecule has 2 aliphatic rings. The van der Waals surface area contributed by atoms with Gasteiger partial charge < -0.3 is 20.3 Å². The van der Waals surface area contributed by atoms with Gasteiger partial charge in [-0.3, -0.25) is 4.79 Å². The molecule has 2 N–H and O–H groups in total. The maximum atomic E-state index is 11.6. The SMILES string of the molecule is CCN1CC(NC(C)CC2COCCN2)CC1=O. The number of rotatable bonds is 5. The molecule has 2 saturated heterocycles. The van der Waals surface area contributed by atoms with Crippen molar-refractivity contribution < 1.29 is 9.53 Å². The zero-order chi connectivity index (χ0) is 13.0. The first kappa shape index (κ1) is 13.8. The average Bonchev–Trinajstić information content (AvgIpc) is 2.70. The van der Waals surface area contributed by atoms with E-state index in [0.29, 0.717) is 24.5 Å². The molecular formula is C13H25N3O2. The summed E-state index contributed by atoms with van der Waals surface area (Å²) in [6.07, 6.45) is 1.70. The second-order valence-electron chi connectivity index (χ2n) is 5.36. The van der Waals surface area contributed by atoms with Crippen molar-refractivity contribution in [3.05, 3.63) is 0 Å². The number of amides is 1. The van der Waals surface area contributed by atoms with Crippen molar-refractivity contribution in [2.45, 2.75) is 44.8 Å². The van der Waals surface area contributed by atoms with E-state index < -0.39 is 0 Å². The van der Waals surface area contributed by atoms with Gasteiger partial charge in [0.05, 0.1) is 13.2 Å². The van der Waals surface area contributed by atoms with Gasteiger partial charge in [0.1, 0.15) is 0 Å². The van der Waals surface area contributed by atoms with Crippen LogP contribution in [0.25, 0.3) is 0 Å². The standard InChI is InChI=1S/C13H25N3O2/c1-3-16-8-11(7-13(16)17)15-10(2)6-12-9-18-5-4-14-12/h10-12,14-15H,3-9H2,1-2H3. The molecule has 0 aromatic heterocycles. The number of carbonyl (C=O) groups excluding carboxylic acids is 1.